The average Bonchev–Trinajstić information content (AvgIpc) is 2.21. The van der Waals surface area contributed by atoms with E-state index in [1.807, 2.05) is 13.8 Å². The van der Waals surface area contributed by atoms with Crippen LogP contribution in [0, 0.1) is 0 Å². The summed E-state index contributed by atoms with van der Waals surface area (Å²) in [6.07, 6.45) is 11.9. The fourth-order valence-corrected chi connectivity index (χ4v) is 1.43. The van der Waals surface area contributed by atoms with Crippen molar-refractivity contribution in [2.24, 2.45) is 0 Å². The zero-order valence-electron chi connectivity index (χ0n) is 11.0. The molecule has 0 amide bonds. The molecule has 0 aromatic carbocycles. The van der Waals surface area contributed by atoms with E-state index in [1.165, 1.54) is 25.7 Å². The molecule has 0 radical (unpaired) electrons. The van der Waals surface area contributed by atoms with Crippen molar-refractivity contribution in [1.29, 1.82) is 0 Å². The van der Waals surface area contributed by atoms with Crippen LogP contribution in [0.5, 0.6) is 0 Å². The molecule has 0 spiro atoms. The van der Waals surface area contributed by atoms with Crippen molar-refractivity contribution in [3.05, 3.63) is 12.2 Å². The van der Waals surface area contributed by atoms with Gasteiger partial charge in [-0.25, -0.2) is 0 Å². The van der Waals surface area contributed by atoms with Crippen LogP contribution < -0.4 is 0 Å². The standard InChI is InChI=1S/C14H26O2/c1-4-5-6-7-8-9-10-11-12-14(15)16-13(2)3/h8-9,13H,4-7,10-12H2,1-3H3. The van der Waals surface area contributed by atoms with Crippen LogP contribution in [0.3, 0.4) is 0 Å². The molecule has 0 unspecified atom stereocenters. The van der Waals surface area contributed by atoms with E-state index in [0.717, 1.165) is 12.8 Å². The minimum atomic E-state index is -0.0746. The topological polar surface area (TPSA) is 26.3 Å². The molecule has 0 N–H and O–H groups in total. The first-order valence-corrected chi connectivity index (χ1v) is 6.51. The summed E-state index contributed by atoms with van der Waals surface area (Å²) in [4.78, 5) is 11.2. The molecule has 0 bridgehead atoms. The molecule has 2 nitrogen and oxygen atoms in total. The summed E-state index contributed by atoms with van der Waals surface area (Å²) in [5.74, 6) is -0.0746. The van der Waals surface area contributed by atoms with Gasteiger partial charge in [-0.1, -0.05) is 31.9 Å². The van der Waals surface area contributed by atoms with Crippen LogP contribution in [0.2, 0.25) is 0 Å². The normalized spacial score (nSPS) is 11.2. The summed E-state index contributed by atoms with van der Waals surface area (Å²) in [5, 5.41) is 0. The maximum Gasteiger partial charge on any atom is 0.306 e. The molecule has 94 valence electrons. The molecule has 0 rings (SSSR count). The van der Waals surface area contributed by atoms with Crippen LogP contribution in [0.15, 0.2) is 12.2 Å². The Kier molecular flexibility index (Phi) is 10.2. The lowest BCUT2D eigenvalue weighted by atomic mass is 10.1. The lowest BCUT2D eigenvalue weighted by Gasteiger charge is -2.06. The molecule has 0 atom stereocenters. The van der Waals surface area contributed by atoms with Gasteiger partial charge in [-0.15, -0.1) is 0 Å². The van der Waals surface area contributed by atoms with Gasteiger partial charge in [-0.3, -0.25) is 4.79 Å². The van der Waals surface area contributed by atoms with E-state index in [1.54, 1.807) is 0 Å². The Labute approximate surface area is 100 Å². The predicted molar refractivity (Wildman–Crippen MR) is 68.4 cm³/mol. The second kappa shape index (κ2) is 10.7. The molecule has 0 heterocycles. The Balaban J connectivity index is 3.28. The number of allylic oxidation sites excluding steroid dienone is 2. The Hall–Kier alpha value is -0.790. The van der Waals surface area contributed by atoms with Crippen molar-refractivity contribution in [2.75, 3.05) is 0 Å². The molecule has 0 fully saturated rings. The Morgan fingerprint density at radius 3 is 2.31 bits per heavy atom. The van der Waals surface area contributed by atoms with Crippen LogP contribution >= 0.6 is 0 Å². The van der Waals surface area contributed by atoms with Crippen molar-refractivity contribution >= 4 is 5.97 Å². The van der Waals surface area contributed by atoms with E-state index in [9.17, 15) is 4.79 Å². The van der Waals surface area contributed by atoms with Gasteiger partial charge in [-0.05, 0) is 39.5 Å². The maximum absolute atomic E-state index is 11.2. The zero-order chi connectivity index (χ0) is 12.2. The summed E-state index contributed by atoms with van der Waals surface area (Å²) in [6.45, 7) is 5.97. The predicted octanol–water partition coefficient (Wildman–Crippen LogP) is 4.24. The smallest absolute Gasteiger partial charge is 0.306 e. The summed E-state index contributed by atoms with van der Waals surface area (Å²) < 4.78 is 5.05. The van der Waals surface area contributed by atoms with Gasteiger partial charge < -0.3 is 4.74 Å². The van der Waals surface area contributed by atoms with Crippen molar-refractivity contribution in [3.63, 3.8) is 0 Å². The van der Waals surface area contributed by atoms with Gasteiger partial charge in [0.05, 0.1) is 6.10 Å². The minimum absolute atomic E-state index is 0.0112. The molecule has 0 saturated carbocycles. The van der Waals surface area contributed by atoms with Gasteiger partial charge >= 0.3 is 5.97 Å². The van der Waals surface area contributed by atoms with Gasteiger partial charge in [0.2, 0.25) is 0 Å². The molecule has 0 aliphatic rings. The molecule has 0 aromatic rings. The number of rotatable bonds is 9. The highest BCUT2D eigenvalue weighted by Crippen LogP contribution is 2.04. The van der Waals surface area contributed by atoms with E-state index in [2.05, 4.69) is 19.1 Å². The highest BCUT2D eigenvalue weighted by Gasteiger charge is 2.03. The van der Waals surface area contributed by atoms with Gasteiger partial charge in [-0.2, -0.15) is 0 Å². The van der Waals surface area contributed by atoms with Crippen LogP contribution in [-0.2, 0) is 9.53 Å². The molecule has 0 aliphatic heterocycles. The third-order valence-corrected chi connectivity index (χ3v) is 2.26. The van der Waals surface area contributed by atoms with E-state index in [-0.39, 0.29) is 12.1 Å². The Morgan fingerprint density at radius 2 is 1.75 bits per heavy atom. The van der Waals surface area contributed by atoms with E-state index in [0.29, 0.717) is 6.42 Å². The van der Waals surface area contributed by atoms with Gasteiger partial charge in [0, 0.05) is 6.42 Å². The largest absolute Gasteiger partial charge is 0.463 e. The first-order chi connectivity index (χ1) is 7.66. The fraction of sp³-hybridized carbons (Fsp3) is 0.786. The van der Waals surface area contributed by atoms with Crippen LogP contribution in [0.4, 0.5) is 0 Å². The number of carbonyl (C=O) groups is 1. The number of ether oxygens (including phenoxy) is 1. The average molecular weight is 226 g/mol. The molecule has 0 aromatic heterocycles. The number of carbonyl (C=O) groups excluding carboxylic acids is 1. The van der Waals surface area contributed by atoms with E-state index < -0.39 is 0 Å². The van der Waals surface area contributed by atoms with Crippen molar-refractivity contribution in [1.82, 2.24) is 0 Å². The monoisotopic (exact) mass is 226 g/mol. The van der Waals surface area contributed by atoms with Crippen LogP contribution in [0.1, 0.15) is 65.7 Å². The third-order valence-electron chi connectivity index (χ3n) is 2.26. The highest BCUT2D eigenvalue weighted by atomic mass is 16.5. The van der Waals surface area contributed by atoms with Crippen molar-refractivity contribution in [3.8, 4) is 0 Å². The molecule has 16 heavy (non-hydrogen) atoms. The first-order valence-electron chi connectivity index (χ1n) is 6.51. The lowest BCUT2D eigenvalue weighted by Crippen LogP contribution is -2.10. The second-order valence-corrected chi connectivity index (χ2v) is 4.40. The SMILES string of the molecule is CCCCCC=CCCCC(=O)OC(C)C. The fourth-order valence-electron chi connectivity index (χ4n) is 1.43. The van der Waals surface area contributed by atoms with Gasteiger partial charge in [0.1, 0.15) is 0 Å². The van der Waals surface area contributed by atoms with Crippen LogP contribution in [-0.4, -0.2) is 12.1 Å². The number of unbranched alkanes of at least 4 members (excludes halogenated alkanes) is 4. The van der Waals surface area contributed by atoms with Gasteiger partial charge in [0.25, 0.3) is 0 Å². The Morgan fingerprint density at radius 1 is 1.12 bits per heavy atom. The highest BCUT2D eigenvalue weighted by molar-refractivity contribution is 5.69. The lowest BCUT2D eigenvalue weighted by molar-refractivity contribution is -0.147. The molecular formula is C14H26O2. The third kappa shape index (κ3) is 11.3. The molecule has 2 heteroatoms. The van der Waals surface area contributed by atoms with E-state index >= 15 is 0 Å². The molecule has 0 aliphatic carbocycles. The van der Waals surface area contributed by atoms with Crippen LogP contribution in [0.25, 0.3) is 0 Å². The van der Waals surface area contributed by atoms with Crippen molar-refractivity contribution in [2.45, 2.75) is 71.8 Å². The quantitative estimate of drug-likeness (QED) is 0.334. The number of hydrogen-bond acceptors (Lipinski definition) is 2. The summed E-state index contributed by atoms with van der Waals surface area (Å²) in [6, 6.07) is 0. The van der Waals surface area contributed by atoms with E-state index in [4.69, 9.17) is 4.74 Å². The first kappa shape index (κ1) is 15.2. The summed E-state index contributed by atoms with van der Waals surface area (Å²) in [7, 11) is 0. The van der Waals surface area contributed by atoms with Gasteiger partial charge in [0.15, 0.2) is 0 Å². The summed E-state index contributed by atoms with van der Waals surface area (Å²) >= 11 is 0. The summed E-state index contributed by atoms with van der Waals surface area (Å²) in [5.41, 5.74) is 0. The Bertz CT molecular complexity index is 195. The molecule has 0 saturated heterocycles. The number of hydrogen-bond donors (Lipinski definition) is 0. The maximum atomic E-state index is 11.2. The second-order valence-electron chi connectivity index (χ2n) is 4.40. The molecular weight excluding hydrogens is 200 g/mol. The number of esters is 1. The minimum Gasteiger partial charge on any atom is -0.463 e. The zero-order valence-corrected chi connectivity index (χ0v) is 11.0. The van der Waals surface area contributed by atoms with Crippen molar-refractivity contribution < 1.29 is 9.53 Å².